The van der Waals surface area contributed by atoms with E-state index in [1.54, 1.807) is 18.2 Å². The molecule has 1 heterocycles. The van der Waals surface area contributed by atoms with E-state index >= 15 is 0 Å². The molecule has 1 saturated carbocycles. The first-order valence-electron chi connectivity index (χ1n) is 7.36. The van der Waals surface area contributed by atoms with Gasteiger partial charge in [0.25, 0.3) is 0 Å². The molecule has 1 aliphatic rings. The summed E-state index contributed by atoms with van der Waals surface area (Å²) in [4.78, 5) is 18.5. The van der Waals surface area contributed by atoms with Crippen LogP contribution in [0, 0.1) is 0 Å². The fraction of sp³-hybridized carbons (Fsp3) is 0.467. The number of nitrogens with zero attached hydrogens (tertiary/aromatic N) is 3. The number of likely N-dealkylation sites (N-methyl/N-ethyl adjacent to an activating group) is 1. The molecule has 2 aromatic rings. The van der Waals surface area contributed by atoms with Crippen molar-refractivity contribution in [1.82, 2.24) is 14.5 Å². The number of carbonyl (C=O) groups excluding carboxylic acids is 1. The van der Waals surface area contributed by atoms with Gasteiger partial charge >= 0.3 is 0 Å². The molecule has 1 aromatic carbocycles. The van der Waals surface area contributed by atoms with E-state index in [0.29, 0.717) is 23.6 Å². The summed E-state index contributed by atoms with van der Waals surface area (Å²) in [5, 5.41) is -0.0473. The van der Waals surface area contributed by atoms with E-state index in [1.807, 2.05) is 17.9 Å². The molecule has 7 heteroatoms. The molecule has 0 unspecified atom stereocenters. The van der Waals surface area contributed by atoms with Crippen LogP contribution in [0.15, 0.2) is 29.4 Å². The van der Waals surface area contributed by atoms with Crippen molar-refractivity contribution < 1.29 is 13.2 Å². The normalized spacial score (nSPS) is 15.2. The fourth-order valence-electron chi connectivity index (χ4n) is 2.74. The molecule has 0 aliphatic heterocycles. The van der Waals surface area contributed by atoms with Gasteiger partial charge in [-0.25, -0.2) is 13.4 Å². The molecule has 0 saturated heterocycles. The van der Waals surface area contributed by atoms with Crippen molar-refractivity contribution in [2.24, 2.45) is 0 Å². The monoisotopic (exact) mass is 321 g/mol. The lowest BCUT2D eigenvalue weighted by Crippen LogP contribution is -2.36. The van der Waals surface area contributed by atoms with Gasteiger partial charge in [-0.2, -0.15) is 0 Å². The van der Waals surface area contributed by atoms with E-state index < -0.39 is 9.84 Å². The number of rotatable bonds is 5. The summed E-state index contributed by atoms with van der Waals surface area (Å²) in [7, 11) is -3.50. The van der Waals surface area contributed by atoms with Crippen LogP contribution in [0.5, 0.6) is 0 Å². The van der Waals surface area contributed by atoms with Gasteiger partial charge in [-0.05, 0) is 31.9 Å². The highest BCUT2D eigenvalue weighted by molar-refractivity contribution is 7.90. The summed E-state index contributed by atoms with van der Waals surface area (Å²) < 4.78 is 25.5. The van der Waals surface area contributed by atoms with Crippen molar-refractivity contribution >= 4 is 26.8 Å². The maximum absolute atomic E-state index is 12.5. The Morgan fingerprint density at radius 3 is 2.64 bits per heavy atom. The summed E-state index contributed by atoms with van der Waals surface area (Å²) >= 11 is 0. The number of aromatic nitrogens is 2. The Labute approximate surface area is 129 Å². The number of para-hydroxylation sites is 2. The molecule has 0 spiro atoms. The van der Waals surface area contributed by atoms with Crippen molar-refractivity contribution in [3.8, 4) is 0 Å². The van der Waals surface area contributed by atoms with Crippen LogP contribution in [0.25, 0.3) is 11.0 Å². The molecular weight excluding hydrogens is 302 g/mol. The van der Waals surface area contributed by atoms with Gasteiger partial charge in [-0.1, -0.05) is 12.1 Å². The molecule has 1 amide bonds. The maximum atomic E-state index is 12.5. The van der Waals surface area contributed by atoms with Crippen molar-refractivity contribution in [1.29, 1.82) is 0 Å². The number of benzene rings is 1. The molecule has 0 bridgehead atoms. The maximum Gasteiger partial charge on any atom is 0.242 e. The minimum absolute atomic E-state index is 0.00720. The van der Waals surface area contributed by atoms with Gasteiger partial charge in [-0.3, -0.25) is 4.79 Å². The van der Waals surface area contributed by atoms with Crippen molar-refractivity contribution in [2.45, 2.75) is 37.5 Å². The minimum atomic E-state index is -3.50. The smallest absolute Gasteiger partial charge is 0.242 e. The third-order valence-corrected chi connectivity index (χ3v) is 4.87. The molecule has 3 rings (SSSR count). The highest BCUT2D eigenvalue weighted by atomic mass is 32.2. The zero-order chi connectivity index (χ0) is 15.9. The topological polar surface area (TPSA) is 72.3 Å². The Bertz CT molecular complexity index is 822. The molecule has 6 nitrogen and oxygen atoms in total. The van der Waals surface area contributed by atoms with Crippen LogP contribution in [-0.4, -0.2) is 47.6 Å². The van der Waals surface area contributed by atoms with E-state index in [1.165, 1.54) is 4.57 Å². The second-order valence-electron chi connectivity index (χ2n) is 5.65. The molecule has 22 heavy (non-hydrogen) atoms. The second kappa shape index (κ2) is 5.39. The van der Waals surface area contributed by atoms with Gasteiger partial charge in [0, 0.05) is 18.8 Å². The predicted molar refractivity (Wildman–Crippen MR) is 83.3 cm³/mol. The number of hydrogen-bond acceptors (Lipinski definition) is 4. The van der Waals surface area contributed by atoms with Gasteiger partial charge in [0.05, 0.1) is 11.0 Å². The standard InChI is InChI=1S/C15H19N3O3S/c1-3-17(11-8-9-11)14(19)10-18-13-7-5-4-6-12(13)16-15(18)22(2,20)21/h4-7,11H,3,8-10H2,1-2H3. The lowest BCUT2D eigenvalue weighted by atomic mass is 10.3. The van der Waals surface area contributed by atoms with Gasteiger partial charge in [-0.15, -0.1) is 0 Å². The quantitative estimate of drug-likeness (QED) is 0.835. The number of carbonyl (C=O) groups is 1. The molecular formula is C15H19N3O3S. The van der Waals surface area contributed by atoms with E-state index in [9.17, 15) is 13.2 Å². The van der Waals surface area contributed by atoms with E-state index in [-0.39, 0.29) is 17.6 Å². The van der Waals surface area contributed by atoms with Crippen molar-refractivity contribution in [2.75, 3.05) is 12.8 Å². The Morgan fingerprint density at radius 1 is 1.36 bits per heavy atom. The highest BCUT2D eigenvalue weighted by Crippen LogP contribution is 2.27. The Kier molecular flexibility index (Phi) is 3.68. The highest BCUT2D eigenvalue weighted by Gasteiger charge is 2.32. The summed E-state index contributed by atoms with van der Waals surface area (Å²) in [6, 6.07) is 7.47. The van der Waals surface area contributed by atoms with Crippen LogP contribution >= 0.6 is 0 Å². The first-order chi connectivity index (χ1) is 10.4. The number of fused-ring (bicyclic) bond motifs is 1. The zero-order valence-electron chi connectivity index (χ0n) is 12.7. The molecule has 0 N–H and O–H groups in total. The summed E-state index contributed by atoms with van der Waals surface area (Å²) in [5.74, 6) is -0.0574. The largest absolute Gasteiger partial charge is 0.338 e. The summed E-state index contributed by atoms with van der Waals surface area (Å²) in [5.41, 5.74) is 1.26. The van der Waals surface area contributed by atoms with Crippen LogP contribution in [0.1, 0.15) is 19.8 Å². The number of imidazole rings is 1. The average molecular weight is 321 g/mol. The third kappa shape index (κ3) is 2.72. The van der Waals surface area contributed by atoms with Gasteiger partial charge in [0.15, 0.2) is 0 Å². The summed E-state index contributed by atoms with van der Waals surface area (Å²) in [6.45, 7) is 2.59. The molecule has 1 fully saturated rings. The second-order valence-corrected chi connectivity index (χ2v) is 7.56. The molecule has 118 valence electrons. The van der Waals surface area contributed by atoms with Gasteiger partial charge < -0.3 is 9.47 Å². The van der Waals surface area contributed by atoms with Crippen LogP contribution < -0.4 is 0 Å². The van der Waals surface area contributed by atoms with E-state index in [4.69, 9.17) is 0 Å². The molecule has 1 aliphatic carbocycles. The Balaban J connectivity index is 2.03. The molecule has 0 atom stereocenters. The first-order valence-corrected chi connectivity index (χ1v) is 9.25. The van der Waals surface area contributed by atoms with Gasteiger partial charge in [0.1, 0.15) is 6.54 Å². The van der Waals surface area contributed by atoms with Crippen molar-refractivity contribution in [3.05, 3.63) is 24.3 Å². The number of hydrogen-bond donors (Lipinski definition) is 0. The molecule has 0 radical (unpaired) electrons. The average Bonchev–Trinajstić information content (AvgIpc) is 3.21. The number of sulfone groups is 1. The van der Waals surface area contributed by atoms with E-state index in [2.05, 4.69) is 4.98 Å². The van der Waals surface area contributed by atoms with Crippen LogP contribution in [0.3, 0.4) is 0 Å². The minimum Gasteiger partial charge on any atom is -0.338 e. The Morgan fingerprint density at radius 2 is 2.05 bits per heavy atom. The predicted octanol–water partition coefficient (Wildman–Crippen LogP) is 1.45. The number of amides is 1. The van der Waals surface area contributed by atoms with Gasteiger partial charge in [0.2, 0.25) is 20.9 Å². The lowest BCUT2D eigenvalue weighted by Gasteiger charge is -2.21. The summed E-state index contributed by atoms with van der Waals surface area (Å²) in [6.07, 6.45) is 3.18. The van der Waals surface area contributed by atoms with Crippen LogP contribution in [0.2, 0.25) is 0 Å². The van der Waals surface area contributed by atoms with E-state index in [0.717, 1.165) is 19.1 Å². The van der Waals surface area contributed by atoms with Crippen LogP contribution in [0.4, 0.5) is 0 Å². The lowest BCUT2D eigenvalue weighted by molar-refractivity contribution is -0.132. The fourth-order valence-corrected chi connectivity index (χ4v) is 3.57. The van der Waals surface area contributed by atoms with Crippen LogP contribution in [-0.2, 0) is 21.2 Å². The third-order valence-electron chi connectivity index (χ3n) is 3.89. The molecule has 1 aromatic heterocycles. The SMILES string of the molecule is CCN(C(=O)Cn1c(S(C)(=O)=O)nc2ccccc21)C1CC1. The first kappa shape index (κ1) is 15.0. The zero-order valence-corrected chi connectivity index (χ0v) is 13.5. The Hall–Kier alpha value is -1.89. The van der Waals surface area contributed by atoms with Crippen molar-refractivity contribution in [3.63, 3.8) is 0 Å².